The first-order chi connectivity index (χ1) is 10.9. The lowest BCUT2D eigenvalue weighted by atomic mass is 10.2. The van der Waals surface area contributed by atoms with Gasteiger partial charge in [-0.3, -0.25) is 0 Å². The van der Waals surface area contributed by atoms with Gasteiger partial charge in [0.1, 0.15) is 5.75 Å². The highest BCUT2D eigenvalue weighted by molar-refractivity contribution is 5.85. The molecule has 0 aliphatic carbocycles. The monoisotopic (exact) mass is 331 g/mol. The molecule has 0 aliphatic heterocycles. The lowest BCUT2D eigenvalue weighted by molar-refractivity contribution is 0.366. The molecule has 5 nitrogen and oxygen atoms in total. The summed E-state index contributed by atoms with van der Waals surface area (Å²) in [5.74, 6) is 2.04. The number of halogens is 1. The van der Waals surface area contributed by atoms with Crippen LogP contribution in [0.4, 0.5) is 0 Å². The van der Waals surface area contributed by atoms with Crippen molar-refractivity contribution in [1.29, 1.82) is 0 Å². The van der Waals surface area contributed by atoms with E-state index in [1.54, 1.807) is 7.11 Å². The van der Waals surface area contributed by atoms with E-state index in [4.69, 9.17) is 9.26 Å². The van der Waals surface area contributed by atoms with Crippen LogP contribution in [0.5, 0.6) is 5.75 Å². The first-order valence-corrected chi connectivity index (χ1v) is 7.07. The highest BCUT2D eigenvalue weighted by Gasteiger charge is 2.08. The first-order valence-electron chi connectivity index (χ1n) is 7.07. The Morgan fingerprint density at radius 1 is 1.00 bits per heavy atom. The molecule has 3 aromatic rings. The van der Waals surface area contributed by atoms with E-state index in [0.29, 0.717) is 24.8 Å². The van der Waals surface area contributed by atoms with Gasteiger partial charge in [0.05, 0.1) is 13.7 Å². The molecule has 0 saturated carbocycles. The number of ether oxygens (including phenoxy) is 1. The van der Waals surface area contributed by atoms with Crippen molar-refractivity contribution in [3.8, 4) is 17.1 Å². The number of aromatic nitrogens is 2. The van der Waals surface area contributed by atoms with Crippen LogP contribution < -0.4 is 10.1 Å². The molecule has 1 heterocycles. The summed E-state index contributed by atoms with van der Waals surface area (Å²) < 4.78 is 10.6. The van der Waals surface area contributed by atoms with Crippen LogP contribution in [-0.4, -0.2) is 17.3 Å². The molecule has 23 heavy (non-hydrogen) atoms. The number of methoxy groups -OCH3 is 1. The zero-order chi connectivity index (χ0) is 15.2. The van der Waals surface area contributed by atoms with Crippen molar-refractivity contribution in [2.45, 2.75) is 13.1 Å². The average Bonchev–Trinajstić information content (AvgIpc) is 3.05. The smallest absolute Gasteiger partial charge is 0.240 e. The van der Waals surface area contributed by atoms with Crippen molar-refractivity contribution in [1.82, 2.24) is 15.5 Å². The van der Waals surface area contributed by atoms with Gasteiger partial charge >= 0.3 is 0 Å². The van der Waals surface area contributed by atoms with E-state index in [1.807, 2.05) is 54.6 Å². The minimum absolute atomic E-state index is 0. The van der Waals surface area contributed by atoms with E-state index < -0.39 is 0 Å². The summed E-state index contributed by atoms with van der Waals surface area (Å²) in [6, 6.07) is 17.7. The van der Waals surface area contributed by atoms with Crippen LogP contribution in [-0.2, 0) is 13.1 Å². The Labute approximate surface area is 141 Å². The molecule has 0 saturated heterocycles. The second-order valence-corrected chi connectivity index (χ2v) is 4.79. The van der Waals surface area contributed by atoms with Crippen LogP contribution >= 0.6 is 12.4 Å². The summed E-state index contributed by atoms with van der Waals surface area (Å²) in [5.41, 5.74) is 2.04. The fourth-order valence-electron chi connectivity index (χ4n) is 2.18. The predicted octanol–water partition coefficient (Wildman–Crippen LogP) is 3.46. The predicted molar refractivity (Wildman–Crippen MR) is 90.5 cm³/mol. The van der Waals surface area contributed by atoms with Crippen molar-refractivity contribution in [2.75, 3.05) is 7.11 Å². The number of nitrogens with one attached hydrogen (secondary N) is 1. The normalized spacial score (nSPS) is 10.1. The lowest BCUT2D eigenvalue weighted by Gasteiger charge is -2.07. The Kier molecular flexibility index (Phi) is 6.14. The van der Waals surface area contributed by atoms with Crippen LogP contribution in [0.15, 0.2) is 59.1 Å². The third-order valence-corrected chi connectivity index (χ3v) is 3.28. The molecule has 1 N–H and O–H groups in total. The average molecular weight is 332 g/mol. The first kappa shape index (κ1) is 17.0. The Hall–Kier alpha value is -2.37. The number of hydrogen-bond donors (Lipinski definition) is 1. The summed E-state index contributed by atoms with van der Waals surface area (Å²) in [6.45, 7) is 1.19. The summed E-state index contributed by atoms with van der Waals surface area (Å²) in [4.78, 5) is 4.38. The maximum atomic E-state index is 5.32. The molecule has 1 aromatic heterocycles. The quantitative estimate of drug-likeness (QED) is 0.749. The molecule has 0 bridgehead atoms. The zero-order valence-electron chi connectivity index (χ0n) is 12.7. The number of nitrogens with zero attached hydrogens (tertiary/aromatic N) is 2. The van der Waals surface area contributed by atoms with E-state index in [1.165, 1.54) is 0 Å². The Bertz CT molecular complexity index is 731. The number of hydrogen-bond acceptors (Lipinski definition) is 5. The van der Waals surface area contributed by atoms with Crippen molar-refractivity contribution >= 4 is 12.4 Å². The second kappa shape index (κ2) is 8.31. The van der Waals surface area contributed by atoms with E-state index in [0.717, 1.165) is 16.9 Å². The van der Waals surface area contributed by atoms with Crippen molar-refractivity contribution in [2.24, 2.45) is 0 Å². The summed E-state index contributed by atoms with van der Waals surface area (Å²) in [5, 5.41) is 7.28. The molecular weight excluding hydrogens is 314 g/mol. The molecular formula is C17H18ClN3O2. The fourth-order valence-corrected chi connectivity index (χ4v) is 2.18. The summed E-state index contributed by atoms with van der Waals surface area (Å²) in [7, 11) is 1.67. The van der Waals surface area contributed by atoms with Gasteiger partial charge in [-0.25, -0.2) is 0 Å². The maximum absolute atomic E-state index is 5.32. The largest absolute Gasteiger partial charge is 0.496 e. The molecule has 0 atom stereocenters. The van der Waals surface area contributed by atoms with Crippen LogP contribution in [0.1, 0.15) is 11.5 Å². The van der Waals surface area contributed by atoms with E-state index in [-0.39, 0.29) is 12.4 Å². The molecule has 0 fully saturated rings. The molecule has 0 amide bonds. The molecule has 3 rings (SSSR count). The topological polar surface area (TPSA) is 60.2 Å². The van der Waals surface area contributed by atoms with Gasteiger partial charge in [-0.15, -0.1) is 12.4 Å². The van der Waals surface area contributed by atoms with Gasteiger partial charge in [-0.2, -0.15) is 4.98 Å². The highest BCUT2D eigenvalue weighted by Crippen LogP contribution is 2.17. The van der Waals surface area contributed by atoms with Gasteiger partial charge in [-0.05, 0) is 6.07 Å². The standard InChI is InChI=1S/C17H17N3O2.ClH/c1-21-15-10-6-5-9-14(15)11-18-12-16-19-17(20-22-16)13-7-3-2-4-8-13;/h2-10,18H,11-12H2,1H3;1H. The van der Waals surface area contributed by atoms with Gasteiger partial charge in [0.15, 0.2) is 0 Å². The molecule has 0 unspecified atom stereocenters. The SMILES string of the molecule is COc1ccccc1CNCc1nc(-c2ccccc2)no1.Cl. The van der Waals surface area contributed by atoms with Gasteiger partial charge in [0.25, 0.3) is 0 Å². The van der Waals surface area contributed by atoms with E-state index in [9.17, 15) is 0 Å². The highest BCUT2D eigenvalue weighted by atomic mass is 35.5. The Balaban J connectivity index is 0.00000192. The van der Waals surface area contributed by atoms with Crippen molar-refractivity contribution in [3.63, 3.8) is 0 Å². The molecule has 6 heteroatoms. The molecule has 2 aromatic carbocycles. The molecule has 0 radical (unpaired) electrons. The summed E-state index contributed by atoms with van der Waals surface area (Å²) in [6.07, 6.45) is 0. The fraction of sp³-hybridized carbons (Fsp3) is 0.176. The third kappa shape index (κ3) is 4.31. The number of para-hydroxylation sites is 1. The molecule has 120 valence electrons. The number of benzene rings is 2. The van der Waals surface area contributed by atoms with Crippen molar-refractivity contribution < 1.29 is 9.26 Å². The maximum Gasteiger partial charge on any atom is 0.240 e. The van der Waals surface area contributed by atoms with E-state index >= 15 is 0 Å². The van der Waals surface area contributed by atoms with Crippen molar-refractivity contribution in [3.05, 3.63) is 66.1 Å². The number of rotatable bonds is 6. The van der Waals surface area contributed by atoms with Gasteiger partial charge in [0, 0.05) is 17.7 Å². The second-order valence-electron chi connectivity index (χ2n) is 4.79. The van der Waals surface area contributed by atoms with Crippen LogP contribution in [0, 0.1) is 0 Å². The van der Waals surface area contributed by atoms with Gasteiger partial charge < -0.3 is 14.6 Å². The van der Waals surface area contributed by atoms with Gasteiger partial charge in [-0.1, -0.05) is 53.7 Å². The van der Waals surface area contributed by atoms with Crippen LogP contribution in [0.3, 0.4) is 0 Å². The minimum atomic E-state index is 0. The van der Waals surface area contributed by atoms with Crippen LogP contribution in [0.25, 0.3) is 11.4 Å². The minimum Gasteiger partial charge on any atom is -0.496 e. The summed E-state index contributed by atoms with van der Waals surface area (Å²) >= 11 is 0. The zero-order valence-corrected chi connectivity index (χ0v) is 13.5. The van der Waals surface area contributed by atoms with Gasteiger partial charge in [0.2, 0.25) is 11.7 Å². The Morgan fingerprint density at radius 3 is 2.52 bits per heavy atom. The lowest BCUT2D eigenvalue weighted by Crippen LogP contribution is -2.13. The Morgan fingerprint density at radius 2 is 1.74 bits per heavy atom. The van der Waals surface area contributed by atoms with Crippen LogP contribution in [0.2, 0.25) is 0 Å². The molecule has 0 aliphatic rings. The third-order valence-electron chi connectivity index (χ3n) is 3.28. The molecule has 0 spiro atoms. The van der Waals surface area contributed by atoms with E-state index in [2.05, 4.69) is 15.5 Å².